The predicted molar refractivity (Wildman–Crippen MR) is 81.6 cm³/mol. The smallest absolute Gasteiger partial charge is 0.204 e. The molecule has 0 N–H and O–H groups in total. The Balaban J connectivity index is 5.19. The Hall–Kier alpha value is 0.354. The first-order valence-electron chi connectivity index (χ1n) is 7.33. The molecule has 0 saturated carbocycles. The zero-order valence-corrected chi connectivity index (χ0v) is 14.8. The zero-order valence-electron chi connectivity index (χ0n) is 12.8. The molecule has 0 saturated heterocycles. The molecule has 0 aromatic heterocycles. The van der Waals surface area contributed by atoms with Gasteiger partial charge in [-0.15, -0.1) is 0 Å². The Labute approximate surface area is 110 Å². The quantitative estimate of drug-likeness (QED) is 0.558. The fourth-order valence-electron chi connectivity index (χ4n) is 3.19. The monoisotopic (exact) mass is 276 g/mol. The van der Waals surface area contributed by atoms with Gasteiger partial charge in [0.25, 0.3) is 0 Å². The van der Waals surface area contributed by atoms with Crippen molar-refractivity contribution < 1.29 is 9.16 Å². The largest absolute Gasteiger partial charge is 0.418 e. The van der Waals surface area contributed by atoms with E-state index in [1.807, 2.05) is 0 Å². The molecule has 0 spiro atoms. The van der Waals surface area contributed by atoms with Gasteiger partial charge in [0.2, 0.25) is 7.83 Å². The summed E-state index contributed by atoms with van der Waals surface area (Å²) in [6, 6.07) is 5.29. The van der Waals surface area contributed by atoms with E-state index < -0.39 is 15.4 Å². The first-order chi connectivity index (χ1) is 8.11. The van der Waals surface area contributed by atoms with E-state index in [2.05, 4.69) is 41.5 Å². The maximum Gasteiger partial charge on any atom is 0.204 e. The highest BCUT2D eigenvalue weighted by atomic mass is 29.3. The minimum absolute atomic E-state index is 0.823. The maximum absolute atomic E-state index is 6.39. The molecule has 0 aliphatic heterocycles. The highest BCUT2D eigenvalue weighted by Gasteiger charge is 2.52. The van der Waals surface area contributed by atoms with E-state index >= 15 is 0 Å². The lowest BCUT2D eigenvalue weighted by Gasteiger charge is -2.45. The lowest BCUT2D eigenvalue weighted by Crippen LogP contribution is -2.66. The summed E-state index contributed by atoms with van der Waals surface area (Å²) >= 11 is 0. The van der Waals surface area contributed by atoms with E-state index in [0.717, 1.165) is 19.4 Å². The molecule has 0 aliphatic carbocycles. The second kappa shape index (κ2) is 8.45. The summed E-state index contributed by atoms with van der Waals surface area (Å²) in [5.41, 5.74) is 0. The molecular formula is C13H32O2Si2. The molecule has 0 fully saturated rings. The summed E-state index contributed by atoms with van der Waals surface area (Å²) < 4.78 is 12.2. The Kier molecular flexibility index (Phi) is 8.63. The Bertz CT molecular complexity index is 188. The van der Waals surface area contributed by atoms with Crippen molar-refractivity contribution in [3.63, 3.8) is 0 Å². The van der Waals surface area contributed by atoms with Crippen molar-refractivity contribution >= 4 is 15.4 Å². The van der Waals surface area contributed by atoms with Gasteiger partial charge in [0.1, 0.15) is 0 Å². The van der Waals surface area contributed by atoms with Crippen LogP contribution < -0.4 is 0 Å². The van der Waals surface area contributed by atoms with E-state index in [0.29, 0.717) is 0 Å². The first kappa shape index (κ1) is 17.4. The summed E-state index contributed by atoms with van der Waals surface area (Å²) in [6.07, 6.45) is 0.926. The van der Waals surface area contributed by atoms with Crippen molar-refractivity contribution in [3.05, 3.63) is 0 Å². The normalized spacial score (nSPS) is 15.9. The third-order valence-electron chi connectivity index (χ3n) is 4.53. The average Bonchev–Trinajstić information content (AvgIpc) is 2.38. The summed E-state index contributed by atoms with van der Waals surface area (Å²) in [6.45, 7) is 15.4. The third kappa shape index (κ3) is 3.66. The highest BCUT2D eigenvalue weighted by Crippen LogP contribution is 2.34. The Morgan fingerprint density at radius 2 is 1.24 bits per heavy atom. The Morgan fingerprint density at radius 3 is 1.53 bits per heavy atom. The predicted octanol–water partition coefficient (Wildman–Crippen LogP) is 4.15. The van der Waals surface area contributed by atoms with Crippen molar-refractivity contribution in [2.75, 3.05) is 19.4 Å². The van der Waals surface area contributed by atoms with Gasteiger partial charge in [-0.05, 0) is 19.9 Å². The maximum atomic E-state index is 6.39. The summed E-state index contributed by atoms with van der Waals surface area (Å²) in [5.74, 6) is 0. The van der Waals surface area contributed by atoms with Gasteiger partial charge in [0.15, 0.2) is 0 Å². The molecule has 0 bridgehead atoms. The molecule has 0 aromatic carbocycles. The molecular weight excluding hydrogens is 244 g/mol. The zero-order chi connectivity index (χ0) is 13.4. The van der Waals surface area contributed by atoms with Crippen LogP contribution in [0.1, 0.15) is 41.5 Å². The van der Waals surface area contributed by atoms with Gasteiger partial charge in [-0.3, -0.25) is 0 Å². The second-order valence-corrected chi connectivity index (χ2v) is 18.6. The molecule has 1 atom stereocenters. The molecule has 4 heteroatoms. The standard InChI is InChI=1S/C13H32O2Si2/c1-7-14-13-17(12-6,15-8-2)16(9-3,10-4)11-5/h7-13H2,1-6H3. The van der Waals surface area contributed by atoms with Gasteiger partial charge in [-0.2, -0.15) is 0 Å². The van der Waals surface area contributed by atoms with Crippen LogP contribution in [0.5, 0.6) is 0 Å². The van der Waals surface area contributed by atoms with Crippen molar-refractivity contribution in [1.29, 1.82) is 0 Å². The van der Waals surface area contributed by atoms with E-state index in [4.69, 9.17) is 9.16 Å². The molecule has 0 rings (SSSR count). The van der Waals surface area contributed by atoms with Crippen LogP contribution in [0.2, 0.25) is 24.2 Å². The SMILES string of the molecule is CCOC[Si](CC)(OCC)[Si](CC)(CC)CC. The van der Waals surface area contributed by atoms with Crippen LogP contribution in [-0.2, 0) is 9.16 Å². The van der Waals surface area contributed by atoms with Crippen molar-refractivity contribution in [3.8, 4) is 0 Å². The van der Waals surface area contributed by atoms with Crippen molar-refractivity contribution in [2.24, 2.45) is 0 Å². The fraction of sp³-hybridized carbons (Fsp3) is 1.00. The minimum Gasteiger partial charge on any atom is -0.418 e. The van der Waals surface area contributed by atoms with Crippen LogP contribution >= 0.6 is 0 Å². The van der Waals surface area contributed by atoms with Crippen molar-refractivity contribution in [2.45, 2.75) is 65.7 Å². The number of hydrogen-bond donors (Lipinski definition) is 0. The molecule has 0 radical (unpaired) electrons. The van der Waals surface area contributed by atoms with Crippen LogP contribution in [0, 0.1) is 0 Å². The summed E-state index contributed by atoms with van der Waals surface area (Å²) in [7, 11) is -2.92. The van der Waals surface area contributed by atoms with Crippen LogP contribution in [0.4, 0.5) is 0 Å². The average molecular weight is 277 g/mol. The first-order valence-corrected chi connectivity index (χ1v) is 13.3. The molecule has 2 nitrogen and oxygen atoms in total. The lowest BCUT2D eigenvalue weighted by atomic mass is 10.9. The van der Waals surface area contributed by atoms with E-state index in [-0.39, 0.29) is 0 Å². The van der Waals surface area contributed by atoms with Gasteiger partial charge in [-0.1, -0.05) is 45.8 Å². The third-order valence-corrected chi connectivity index (χ3v) is 24.1. The van der Waals surface area contributed by atoms with Gasteiger partial charge >= 0.3 is 0 Å². The van der Waals surface area contributed by atoms with E-state index in [9.17, 15) is 0 Å². The summed E-state index contributed by atoms with van der Waals surface area (Å²) in [5, 5.41) is 0. The molecule has 104 valence electrons. The number of ether oxygens (including phenoxy) is 1. The van der Waals surface area contributed by atoms with E-state index in [1.165, 1.54) is 24.2 Å². The minimum atomic E-state index is -1.65. The second-order valence-electron chi connectivity index (χ2n) is 4.76. The van der Waals surface area contributed by atoms with Crippen LogP contribution in [0.25, 0.3) is 0 Å². The van der Waals surface area contributed by atoms with Gasteiger partial charge < -0.3 is 9.16 Å². The van der Waals surface area contributed by atoms with Crippen LogP contribution in [-0.4, -0.2) is 34.9 Å². The number of hydrogen-bond acceptors (Lipinski definition) is 2. The Morgan fingerprint density at radius 1 is 0.706 bits per heavy atom. The van der Waals surface area contributed by atoms with Crippen molar-refractivity contribution in [1.82, 2.24) is 0 Å². The molecule has 1 unspecified atom stereocenters. The van der Waals surface area contributed by atoms with Crippen LogP contribution in [0.3, 0.4) is 0 Å². The number of rotatable bonds is 10. The van der Waals surface area contributed by atoms with Gasteiger partial charge in [0.05, 0.1) is 13.8 Å². The molecule has 0 amide bonds. The fourth-order valence-corrected chi connectivity index (χ4v) is 20.2. The highest BCUT2D eigenvalue weighted by molar-refractivity contribution is 7.40. The molecule has 0 aromatic rings. The van der Waals surface area contributed by atoms with Crippen LogP contribution in [0.15, 0.2) is 0 Å². The van der Waals surface area contributed by atoms with E-state index in [1.54, 1.807) is 0 Å². The van der Waals surface area contributed by atoms with Gasteiger partial charge in [0, 0.05) is 13.2 Å². The molecule has 17 heavy (non-hydrogen) atoms. The lowest BCUT2D eigenvalue weighted by molar-refractivity contribution is 0.169. The van der Waals surface area contributed by atoms with Gasteiger partial charge in [-0.25, -0.2) is 0 Å². The summed E-state index contributed by atoms with van der Waals surface area (Å²) in [4.78, 5) is 0. The molecule has 0 aliphatic rings. The molecule has 0 heterocycles. The topological polar surface area (TPSA) is 18.5 Å².